The first-order valence-electron chi connectivity index (χ1n) is 9.93. The van der Waals surface area contributed by atoms with Crippen LogP contribution in [-0.4, -0.2) is 90.6 Å². The molecule has 4 rings (SSSR count). The van der Waals surface area contributed by atoms with Crippen LogP contribution in [0.15, 0.2) is 16.3 Å². The van der Waals surface area contributed by atoms with Gasteiger partial charge in [-0.2, -0.15) is 0 Å². The number of aliphatic imine (C=N–C) groups is 1. The highest BCUT2D eigenvalue weighted by Gasteiger charge is 2.30. The molecule has 7 heteroatoms. The molecule has 0 radical (unpaired) electrons. The van der Waals surface area contributed by atoms with Crippen molar-refractivity contribution in [3.63, 3.8) is 0 Å². The fraction of sp³-hybridized carbons (Fsp3) is 0.789. The molecule has 4 aliphatic rings. The first kappa shape index (κ1) is 18.3. The Morgan fingerprint density at radius 2 is 1.96 bits per heavy atom. The van der Waals surface area contributed by atoms with Crippen molar-refractivity contribution < 1.29 is 9.53 Å². The topological polar surface area (TPSA) is 48.4 Å². The molecule has 1 saturated carbocycles. The molecule has 3 aliphatic heterocycles. The van der Waals surface area contributed by atoms with Gasteiger partial charge in [-0.05, 0) is 19.1 Å². The maximum absolute atomic E-state index is 12.7. The van der Waals surface area contributed by atoms with Crippen molar-refractivity contribution in [3.05, 3.63) is 11.3 Å². The predicted molar refractivity (Wildman–Crippen MR) is 105 cm³/mol. The van der Waals surface area contributed by atoms with Crippen LogP contribution in [0, 0.1) is 0 Å². The molecule has 0 atom stereocenters. The average molecular weight is 379 g/mol. The van der Waals surface area contributed by atoms with E-state index in [4.69, 9.17) is 4.74 Å². The van der Waals surface area contributed by atoms with E-state index in [9.17, 15) is 4.79 Å². The number of hydrogen-bond acceptors (Lipinski definition) is 6. The molecule has 2 fully saturated rings. The Bertz CT molecular complexity index is 592. The molecular formula is C19H30N4O2S. The number of thioether (sulfide) groups is 1. The van der Waals surface area contributed by atoms with E-state index in [0.29, 0.717) is 13.2 Å². The molecule has 1 amide bonds. The highest BCUT2D eigenvalue weighted by atomic mass is 32.2. The second kappa shape index (κ2) is 8.31. The second-order valence-corrected chi connectivity index (χ2v) is 8.49. The Morgan fingerprint density at radius 1 is 1.19 bits per heavy atom. The third-order valence-electron chi connectivity index (χ3n) is 6.13. The summed E-state index contributed by atoms with van der Waals surface area (Å²) in [5.74, 6) is 0.283. The Hall–Kier alpha value is -1.05. The van der Waals surface area contributed by atoms with Crippen molar-refractivity contribution in [1.29, 1.82) is 0 Å². The summed E-state index contributed by atoms with van der Waals surface area (Å²) in [5.41, 5.74) is 2.42. The van der Waals surface area contributed by atoms with Gasteiger partial charge in [-0.25, -0.2) is 4.99 Å². The van der Waals surface area contributed by atoms with Gasteiger partial charge in [0.1, 0.15) is 6.61 Å². The maximum Gasteiger partial charge on any atom is 0.250 e. The number of amides is 1. The Balaban J connectivity index is 1.26. The molecule has 0 N–H and O–H groups in total. The summed E-state index contributed by atoms with van der Waals surface area (Å²) in [6.45, 7) is 6.76. The van der Waals surface area contributed by atoms with Gasteiger partial charge in [-0.1, -0.05) is 24.6 Å². The van der Waals surface area contributed by atoms with Gasteiger partial charge in [0.25, 0.3) is 5.23 Å². The lowest BCUT2D eigenvalue weighted by Crippen LogP contribution is -2.53. The predicted octanol–water partition coefficient (Wildman–Crippen LogP) is 1.78. The maximum atomic E-state index is 12.7. The van der Waals surface area contributed by atoms with E-state index < -0.39 is 0 Å². The zero-order valence-corrected chi connectivity index (χ0v) is 16.6. The van der Waals surface area contributed by atoms with Gasteiger partial charge in [0, 0.05) is 57.3 Å². The lowest BCUT2D eigenvalue weighted by Gasteiger charge is -2.39. The minimum atomic E-state index is 0.283. The largest absolute Gasteiger partial charge is 0.468 e. The highest BCUT2D eigenvalue weighted by Crippen LogP contribution is 2.26. The monoisotopic (exact) mass is 378 g/mol. The quantitative estimate of drug-likeness (QED) is 0.749. The summed E-state index contributed by atoms with van der Waals surface area (Å²) < 4.78 is 5.65. The Labute approximate surface area is 160 Å². The van der Waals surface area contributed by atoms with Gasteiger partial charge < -0.3 is 9.64 Å². The van der Waals surface area contributed by atoms with Gasteiger partial charge in [-0.3, -0.25) is 14.6 Å². The minimum Gasteiger partial charge on any atom is -0.468 e. The third-order valence-corrected chi connectivity index (χ3v) is 6.68. The van der Waals surface area contributed by atoms with Crippen LogP contribution in [0.3, 0.4) is 0 Å². The van der Waals surface area contributed by atoms with Crippen LogP contribution < -0.4 is 0 Å². The zero-order valence-electron chi connectivity index (χ0n) is 15.8. The summed E-state index contributed by atoms with van der Waals surface area (Å²) in [6, 6.07) is 0.776. The molecule has 144 valence electrons. The van der Waals surface area contributed by atoms with Gasteiger partial charge in [0.2, 0.25) is 5.91 Å². The van der Waals surface area contributed by atoms with Crippen LogP contribution in [0.5, 0.6) is 0 Å². The van der Waals surface area contributed by atoms with Crippen LogP contribution in [0.25, 0.3) is 0 Å². The second-order valence-electron chi connectivity index (χ2n) is 7.74. The Kier molecular flexibility index (Phi) is 5.86. The molecule has 0 aromatic heterocycles. The van der Waals surface area contributed by atoms with E-state index in [1.807, 2.05) is 6.26 Å². The lowest BCUT2D eigenvalue weighted by atomic mass is 10.1. The smallest absolute Gasteiger partial charge is 0.250 e. The number of piperazine rings is 1. The van der Waals surface area contributed by atoms with Crippen LogP contribution in [0.1, 0.15) is 32.1 Å². The van der Waals surface area contributed by atoms with Crippen molar-refractivity contribution in [2.24, 2.45) is 4.99 Å². The van der Waals surface area contributed by atoms with Crippen LogP contribution in [0.2, 0.25) is 0 Å². The van der Waals surface area contributed by atoms with Crippen LogP contribution in [-0.2, 0) is 9.53 Å². The molecule has 26 heavy (non-hydrogen) atoms. The molecule has 0 unspecified atom stereocenters. The number of ether oxygens (including phenoxy) is 1. The summed E-state index contributed by atoms with van der Waals surface area (Å²) in [4.78, 5) is 24.3. The summed E-state index contributed by atoms with van der Waals surface area (Å²) in [6.07, 6.45) is 8.37. The zero-order chi connectivity index (χ0) is 17.9. The molecule has 0 aromatic rings. The number of carbonyl (C=O) groups is 1. The number of hydrogen-bond donors (Lipinski definition) is 0. The Morgan fingerprint density at radius 3 is 2.69 bits per heavy atom. The van der Waals surface area contributed by atoms with Crippen molar-refractivity contribution in [3.8, 4) is 0 Å². The van der Waals surface area contributed by atoms with Crippen molar-refractivity contribution in [2.75, 3.05) is 58.7 Å². The normalized spacial score (nSPS) is 25.9. The minimum absolute atomic E-state index is 0.283. The highest BCUT2D eigenvalue weighted by molar-refractivity contribution is 8.12. The molecule has 0 spiro atoms. The summed E-state index contributed by atoms with van der Waals surface area (Å²) in [5, 5.41) is 0.772. The van der Waals surface area contributed by atoms with Gasteiger partial charge >= 0.3 is 0 Å². The van der Waals surface area contributed by atoms with Gasteiger partial charge in [-0.15, -0.1) is 0 Å². The molecule has 1 aliphatic carbocycles. The summed E-state index contributed by atoms with van der Waals surface area (Å²) in [7, 11) is 0. The molecule has 3 heterocycles. The molecular weight excluding hydrogens is 348 g/mol. The number of carbonyl (C=O) groups excluding carboxylic acids is 1. The van der Waals surface area contributed by atoms with E-state index in [0.717, 1.165) is 57.0 Å². The summed E-state index contributed by atoms with van der Waals surface area (Å²) >= 11 is 1.56. The molecule has 1 saturated heterocycles. The fourth-order valence-electron chi connectivity index (χ4n) is 4.57. The molecule has 0 bridgehead atoms. The standard InChI is InChI=1S/C19H30N4O2S/c1-26-19-20-17-6-7-21(12-15(17)14-25-19)13-18(24)23-10-8-22(9-11-23)16-4-2-3-5-16/h16H,2-14H2,1H3. The van der Waals surface area contributed by atoms with E-state index in [2.05, 4.69) is 19.7 Å². The lowest BCUT2D eigenvalue weighted by molar-refractivity contribution is -0.134. The van der Waals surface area contributed by atoms with Crippen molar-refractivity contribution in [2.45, 2.75) is 38.1 Å². The number of nitrogens with zero attached hydrogens (tertiary/aromatic N) is 4. The SMILES string of the molecule is CSC1=NC2=C(CO1)CN(CC(=O)N1CCN(C3CCCC3)CC1)CC2. The fourth-order valence-corrected chi connectivity index (χ4v) is 4.95. The first-order chi connectivity index (χ1) is 12.7. The van der Waals surface area contributed by atoms with Crippen LogP contribution in [0.4, 0.5) is 0 Å². The van der Waals surface area contributed by atoms with Crippen molar-refractivity contribution in [1.82, 2.24) is 14.7 Å². The van der Waals surface area contributed by atoms with Crippen LogP contribution >= 0.6 is 11.8 Å². The average Bonchev–Trinajstić information content (AvgIpc) is 3.22. The van der Waals surface area contributed by atoms with E-state index >= 15 is 0 Å². The van der Waals surface area contributed by atoms with Crippen molar-refractivity contribution >= 4 is 22.9 Å². The first-order valence-corrected chi connectivity index (χ1v) is 11.2. The number of rotatable bonds is 3. The molecule has 6 nitrogen and oxygen atoms in total. The van der Waals surface area contributed by atoms with Gasteiger partial charge in [0.15, 0.2) is 0 Å². The van der Waals surface area contributed by atoms with Gasteiger partial charge in [0.05, 0.1) is 12.2 Å². The van der Waals surface area contributed by atoms with E-state index in [1.165, 1.54) is 37.0 Å². The third kappa shape index (κ3) is 4.10. The van der Waals surface area contributed by atoms with E-state index in [-0.39, 0.29) is 5.91 Å². The van der Waals surface area contributed by atoms with E-state index in [1.54, 1.807) is 11.8 Å². The molecule has 0 aromatic carbocycles.